The van der Waals surface area contributed by atoms with Crippen LogP contribution in [0.1, 0.15) is 19.8 Å². The summed E-state index contributed by atoms with van der Waals surface area (Å²) in [6.45, 7) is 7.53. The summed E-state index contributed by atoms with van der Waals surface area (Å²) in [4.78, 5) is 2.48. The van der Waals surface area contributed by atoms with E-state index in [1.165, 1.54) is 31.6 Å². The van der Waals surface area contributed by atoms with Crippen LogP contribution in [0, 0.1) is 5.41 Å². The summed E-state index contributed by atoms with van der Waals surface area (Å²) >= 11 is 0. The zero-order valence-electron chi connectivity index (χ0n) is 11.1. The van der Waals surface area contributed by atoms with Gasteiger partial charge in [0.25, 0.3) is 0 Å². The molecule has 1 N–H and O–H groups in total. The van der Waals surface area contributed by atoms with Crippen molar-refractivity contribution >= 4 is 5.69 Å². The lowest BCUT2D eigenvalue weighted by Gasteiger charge is -2.49. The van der Waals surface area contributed by atoms with E-state index in [0.717, 1.165) is 25.4 Å². The van der Waals surface area contributed by atoms with Gasteiger partial charge < -0.3 is 15.0 Å². The average molecular weight is 246 g/mol. The van der Waals surface area contributed by atoms with Crippen LogP contribution in [0.5, 0.6) is 5.75 Å². The van der Waals surface area contributed by atoms with Gasteiger partial charge in [-0.3, -0.25) is 0 Å². The number of hydrogen-bond acceptors (Lipinski definition) is 3. The molecule has 2 aliphatic heterocycles. The predicted octanol–water partition coefficient (Wildman–Crippen LogP) is 2.28. The summed E-state index contributed by atoms with van der Waals surface area (Å²) in [7, 11) is 0. The van der Waals surface area contributed by atoms with Gasteiger partial charge >= 0.3 is 0 Å². The third kappa shape index (κ3) is 2.07. The Labute approximate surface area is 109 Å². The first-order chi connectivity index (χ1) is 8.83. The molecule has 1 aromatic rings. The maximum Gasteiger partial charge on any atom is 0.142 e. The maximum absolute atomic E-state index is 5.73. The van der Waals surface area contributed by atoms with Crippen molar-refractivity contribution in [3.8, 4) is 5.75 Å². The van der Waals surface area contributed by atoms with E-state index in [9.17, 15) is 0 Å². The van der Waals surface area contributed by atoms with Gasteiger partial charge in [0, 0.05) is 26.2 Å². The molecule has 2 fully saturated rings. The first kappa shape index (κ1) is 11.8. The van der Waals surface area contributed by atoms with Gasteiger partial charge in [0.1, 0.15) is 5.75 Å². The number of benzene rings is 1. The number of ether oxygens (including phenoxy) is 1. The molecule has 0 radical (unpaired) electrons. The lowest BCUT2D eigenvalue weighted by molar-refractivity contribution is 0.126. The molecular weight excluding hydrogens is 224 g/mol. The van der Waals surface area contributed by atoms with Gasteiger partial charge in [0.2, 0.25) is 0 Å². The minimum atomic E-state index is 0.608. The van der Waals surface area contributed by atoms with Gasteiger partial charge in [0.15, 0.2) is 0 Å². The molecule has 3 rings (SSSR count). The van der Waals surface area contributed by atoms with E-state index in [4.69, 9.17) is 4.74 Å². The molecule has 3 nitrogen and oxygen atoms in total. The number of anilines is 1. The number of nitrogens with zero attached hydrogens (tertiary/aromatic N) is 1. The number of rotatable bonds is 3. The highest BCUT2D eigenvalue weighted by Gasteiger charge is 2.39. The standard InChI is InChI=1S/C15H22N2O/c1-2-18-14-6-4-3-5-13(14)17-9-7-15(8-10-17)11-16-12-15/h3-6,16H,2,7-12H2,1H3. The topological polar surface area (TPSA) is 24.5 Å². The minimum Gasteiger partial charge on any atom is -0.492 e. The van der Waals surface area contributed by atoms with Gasteiger partial charge in [-0.1, -0.05) is 12.1 Å². The molecule has 0 atom stereocenters. The van der Waals surface area contributed by atoms with Crippen LogP contribution in [0.15, 0.2) is 24.3 Å². The van der Waals surface area contributed by atoms with E-state index >= 15 is 0 Å². The Bertz CT molecular complexity index is 405. The van der Waals surface area contributed by atoms with Crippen molar-refractivity contribution < 1.29 is 4.74 Å². The number of piperidine rings is 1. The minimum absolute atomic E-state index is 0.608. The molecular formula is C15H22N2O. The normalized spacial score (nSPS) is 21.7. The molecule has 18 heavy (non-hydrogen) atoms. The number of hydrogen-bond donors (Lipinski definition) is 1. The molecule has 0 aliphatic carbocycles. The SMILES string of the molecule is CCOc1ccccc1N1CCC2(CC1)CNC2. The van der Waals surface area contributed by atoms with Crippen molar-refractivity contribution in [3.63, 3.8) is 0 Å². The zero-order chi connectivity index (χ0) is 12.4. The third-order valence-electron chi connectivity index (χ3n) is 4.33. The molecule has 2 saturated heterocycles. The fraction of sp³-hybridized carbons (Fsp3) is 0.600. The van der Waals surface area contributed by atoms with Crippen LogP contribution in [0.3, 0.4) is 0 Å². The third-order valence-corrected chi connectivity index (χ3v) is 4.33. The summed E-state index contributed by atoms with van der Waals surface area (Å²) in [5.74, 6) is 1.03. The summed E-state index contributed by atoms with van der Waals surface area (Å²) in [5.41, 5.74) is 1.87. The monoisotopic (exact) mass is 246 g/mol. The first-order valence-electron chi connectivity index (χ1n) is 7.00. The van der Waals surface area contributed by atoms with Crippen molar-refractivity contribution in [2.45, 2.75) is 19.8 Å². The Morgan fingerprint density at radius 3 is 2.56 bits per heavy atom. The average Bonchev–Trinajstić information content (AvgIpc) is 2.38. The maximum atomic E-state index is 5.73. The van der Waals surface area contributed by atoms with Crippen LogP contribution in [-0.4, -0.2) is 32.8 Å². The van der Waals surface area contributed by atoms with Gasteiger partial charge in [-0.05, 0) is 37.3 Å². The fourth-order valence-electron chi connectivity index (χ4n) is 3.05. The van der Waals surface area contributed by atoms with Crippen LogP contribution >= 0.6 is 0 Å². The highest BCUT2D eigenvalue weighted by molar-refractivity contribution is 5.58. The summed E-state index contributed by atoms with van der Waals surface area (Å²) in [6, 6.07) is 8.42. The second-order valence-electron chi connectivity index (χ2n) is 5.49. The van der Waals surface area contributed by atoms with Gasteiger partial charge in [-0.2, -0.15) is 0 Å². The van der Waals surface area contributed by atoms with Gasteiger partial charge in [0.05, 0.1) is 12.3 Å². The van der Waals surface area contributed by atoms with Crippen molar-refractivity contribution in [2.24, 2.45) is 5.41 Å². The van der Waals surface area contributed by atoms with Crippen molar-refractivity contribution in [1.82, 2.24) is 5.32 Å². The molecule has 0 aromatic heterocycles. The van der Waals surface area contributed by atoms with Gasteiger partial charge in [-0.15, -0.1) is 0 Å². The molecule has 1 aromatic carbocycles. The highest BCUT2D eigenvalue weighted by atomic mass is 16.5. The molecule has 0 amide bonds. The lowest BCUT2D eigenvalue weighted by Crippen LogP contribution is -2.58. The molecule has 0 saturated carbocycles. The second kappa shape index (κ2) is 4.81. The Balaban J connectivity index is 1.71. The summed E-state index contributed by atoms with van der Waals surface area (Å²) in [5, 5.41) is 3.41. The predicted molar refractivity (Wildman–Crippen MR) is 74.4 cm³/mol. The smallest absolute Gasteiger partial charge is 0.142 e. The largest absolute Gasteiger partial charge is 0.492 e. The zero-order valence-corrected chi connectivity index (χ0v) is 11.1. The molecule has 0 unspecified atom stereocenters. The summed E-state index contributed by atoms with van der Waals surface area (Å²) in [6.07, 6.45) is 2.61. The van der Waals surface area contributed by atoms with E-state index in [1.54, 1.807) is 0 Å². The van der Waals surface area contributed by atoms with Crippen LogP contribution in [-0.2, 0) is 0 Å². The lowest BCUT2D eigenvalue weighted by atomic mass is 9.73. The molecule has 1 spiro atoms. The van der Waals surface area contributed by atoms with E-state index < -0.39 is 0 Å². The van der Waals surface area contributed by atoms with Crippen LogP contribution < -0.4 is 15.0 Å². The Morgan fingerprint density at radius 1 is 1.22 bits per heavy atom. The molecule has 98 valence electrons. The summed E-state index contributed by atoms with van der Waals surface area (Å²) < 4.78 is 5.73. The van der Waals surface area contributed by atoms with E-state index in [0.29, 0.717) is 5.41 Å². The Morgan fingerprint density at radius 2 is 1.94 bits per heavy atom. The van der Waals surface area contributed by atoms with Crippen molar-refractivity contribution in [3.05, 3.63) is 24.3 Å². The molecule has 2 aliphatic rings. The van der Waals surface area contributed by atoms with Crippen LogP contribution in [0.25, 0.3) is 0 Å². The quantitative estimate of drug-likeness (QED) is 0.885. The van der Waals surface area contributed by atoms with Crippen molar-refractivity contribution in [1.29, 1.82) is 0 Å². The van der Waals surface area contributed by atoms with E-state index in [2.05, 4.69) is 34.5 Å². The van der Waals surface area contributed by atoms with E-state index in [1.807, 2.05) is 6.92 Å². The fourth-order valence-corrected chi connectivity index (χ4v) is 3.05. The van der Waals surface area contributed by atoms with Crippen molar-refractivity contribution in [2.75, 3.05) is 37.7 Å². The Kier molecular flexibility index (Phi) is 3.16. The Hall–Kier alpha value is -1.22. The first-order valence-corrected chi connectivity index (χ1v) is 7.00. The molecule has 0 bridgehead atoms. The molecule has 3 heteroatoms. The second-order valence-corrected chi connectivity index (χ2v) is 5.49. The number of para-hydroxylation sites is 2. The molecule has 2 heterocycles. The number of nitrogens with one attached hydrogen (secondary N) is 1. The van der Waals surface area contributed by atoms with Crippen LogP contribution in [0.4, 0.5) is 5.69 Å². The highest BCUT2D eigenvalue weighted by Crippen LogP contribution is 2.38. The van der Waals surface area contributed by atoms with Crippen LogP contribution in [0.2, 0.25) is 0 Å². The van der Waals surface area contributed by atoms with Gasteiger partial charge in [-0.25, -0.2) is 0 Å². The van der Waals surface area contributed by atoms with E-state index in [-0.39, 0.29) is 0 Å².